The van der Waals surface area contributed by atoms with E-state index < -0.39 is 10.1 Å². The van der Waals surface area contributed by atoms with E-state index in [9.17, 15) is 13.0 Å². The fraction of sp³-hybridized carbons (Fsp3) is 0.241. The number of methoxy groups -OCH3 is 1. The Balaban J connectivity index is 1.94. The lowest BCUT2D eigenvalue weighted by Crippen LogP contribution is -2.03. The summed E-state index contributed by atoms with van der Waals surface area (Å²) in [6.45, 7) is 11.2. The van der Waals surface area contributed by atoms with Crippen LogP contribution in [0.15, 0.2) is 125 Å². The molecule has 0 unspecified atom stereocenters. The predicted octanol–water partition coefficient (Wildman–Crippen LogP) is 7.90. The summed E-state index contributed by atoms with van der Waals surface area (Å²) in [5, 5.41) is 17.6. The molecular weight excluding hydrogens is 546 g/mol. The number of aryl methyl sites for hydroxylation is 2. The number of rotatable bonds is 8. The molecule has 0 amide bonds. The molecule has 0 fully saturated rings. The minimum atomic E-state index is -4.51. The Morgan fingerprint density at radius 2 is 1.70 bits per heavy atom. The average molecular weight is 580 g/mol. The summed E-state index contributed by atoms with van der Waals surface area (Å²) >= 11 is 4.29. The van der Waals surface area contributed by atoms with Crippen molar-refractivity contribution in [3.05, 3.63) is 116 Å². The number of azo groups is 2. The largest absolute Gasteiger partial charge is 0.495 e. The van der Waals surface area contributed by atoms with Crippen molar-refractivity contribution in [1.29, 1.82) is 0 Å². The van der Waals surface area contributed by atoms with Crippen LogP contribution in [0.1, 0.15) is 37.8 Å². The van der Waals surface area contributed by atoms with Crippen LogP contribution in [0.25, 0.3) is 0 Å². The average Bonchev–Trinajstić information content (AvgIpc) is 3.12. The predicted molar refractivity (Wildman–Crippen MR) is 162 cm³/mol. The highest BCUT2D eigenvalue weighted by atomic mass is 32.2. The van der Waals surface area contributed by atoms with E-state index in [-0.39, 0.29) is 10.5 Å². The Bertz CT molecular complexity index is 1620. The zero-order valence-corrected chi connectivity index (χ0v) is 24.8. The van der Waals surface area contributed by atoms with Gasteiger partial charge in [0, 0.05) is 12.0 Å². The molecular formula is C29H33N5O4S2. The molecule has 0 atom stereocenters. The van der Waals surface area contributed by atoms with E-state index in [1.807, 2.05) is 51.1 Å². The SMILES string of the molecule is C=C/C(=C\C1=C(S(=O)(=O)O)C=C(S)CC=C1C)N=Nc1cc(C)c(N=NC2=C(C)C=C(N)C(OC)=CC2)cc1C. The fourth-order valence-electron chi connectivity index (χ4n) is 3.93. The monoisotopic (exact) mass is 579 g/mol. The van der Waals surface area contributed by atoms with Crippen LogP contribution in [0.5, 0.6) is 0 Å². The van der Waals surface area contributed by atoms with Crippen LogP contribution in [-0.4, -0.2) is 20.1 Å². The Kier molecular flexibility index (Phi) is 10.0. The molecule has 1 aromatic carbocycles. The van der Waals surface area contributed by atoms with Crippen molar-refractivity contribution in [2.45, 2.75) is 40.5 Å². The van der Waals surface area contributed by atoms with Crippen LogP contribution in [-0.2, 0) is 14.9 Å². The number of allylic oxidation sites excluding steroid dienone is 10. The number of ether oxygens (including phenoxy) is 1. The highest BCUT2D eigenvalue weighted by Crippen LogP contribution is 2.32. The summed E-state index contributed by atoms with van der Waals surface area (Å²) < 4.78 is 39.3. The van der Waals surface area contributed by atoms with Gasteiger partial charge in [0.15, 0.2) is 0 Å². The van der Waals surface area contributed by atoms with E-state index >= 15 is 0 Å². The molecule has 9 nitrogen and oxygen atoms in total. The molecule has 0 radical (unpaired) electrons. The van der Waals surface area contributed by atoms with Gasteiger partial charge >= 0.3 is 0 Å². The summed E-state index contributed by atoms with van der Waals surface area (Å²) in [7, 11) is -2.93. The van der Waals surface area contributed by atoms with Crippen molar-refractivity contribution < 1.29 is 17.7 Å². The quantitative estimate of drug-likeness (QED) is 0.124. The molecule has 1 aromatic rings. The van der Waals surface area contributed by atoms with Gasteiger partial charge in [-0.05, 0) is 104 Å². The van der Waals surface area contributed by atoms with E-state index in [0.29, 0.717) is 51.8 Å². The standard InChI is InChI=1S/C29H33N5O4S2/c1-7-21(15-23-17(2)8-9-22(39)16-29(23)40(35,36)37)31-33-26-13-20(5)27(14-19(26)4)34-32-25-10-11-28(38-6)24(30)12-18(25)3/h7-8,11-16,39H,1,9-10,30H2,2-6H3,(H,35,36,37)/b21-15+,33-31?,34-32?. The lowest BCUT2D eigenvalue weighted by Gasteiger charge is -2.08. The molecule has 2 aliphatic carbocycles. The maximum absolute atomic E-state index is 12.1. The third kappa shape index (κ3) is 7.65. The molecule has 0 heterocycles. The Morgan fingerprint density at radius 3 is 2.30 bits per heavy atom. The van der Waals surface area contributed by atoms with Gasteiger partial charge in [-0.3, -0.25) is 4.55 Å². The zero-order valence-electron chi connectivity index (χ0n) is 23.1. The van der Waals surface area contributed by atoms with Crippen molar-refractivity contribution in [2.75, 3.05) is 7.11 Å². The molecule has 0 spiro atoms. The molecule has 0 saturated carbocycles. The first-order valence-electron chi connectivity index (χ1n) is 12.3. The second-order valence-electron chi connectivity index (χ2n) is 9.28. The van der Waals surface area contributed by atoms with Crippen molar-refractivity contribution >= 4 is 34.1 Å². The van der Waals surface area contributed by atoms with E-state index in [2.05, 4.69) is 39.7 Å². The molecule has 0 aromatic heterocycles. The van der Waals surface area contributed by atoms with Crippen molar-refractivity contribution in [1.82, 2.24) is 0 Å². The molecule has 3 rings (SSSR count). The van der Waals surface area contributed by atoms with Gasteiger partial charge in [0.2, 0.25) is 0 Å². The summed E-state index contributed by atoms with van der Waals surface area (Å²) in [4.78, 5) is 0.244. The molecule has 210 valence electrons. The van der Waals surface area contributed by atoms with Crippen molar-refractivity contribution in [3.8, 4) is 0 Å². The fourth-order valence-corrected chi connectivity index (χ4v) is 5.03. The topological polar surface area (TPSA) is 139 Å². The maximum atomic E-state index is 12.1. The van der Waals surface area contributed by atoms with Crippen LogP contribution in [0, 0.1) is 13.8 Å². The van der Waals surface area contributed by atoms with Crippen LogP contribution >= 0.6 is 12.6 Å². The first-order chi connectivity index (χ1) is 18.8. The Labute approximate surface area is 240 Å². The minimum absolute atomic E-state index is 0.258. The third-order valence-corrected chi connectivity index (χ3v) is 7.47. The summed E-state index contributed by atoms with van der Waals surface area (Å²) in [6.07, 6.45) is 10.8. The van der Waals surface area contributed by atoms with Crippen molar-refractivity contribution in [2.24, 2.45) is 26.2 Å². The summed E-state index contributed by atoms with van der Waals surface area (Å²) in [5.74, 6) is 0.609. The summed E-state index contributed by atoms with van der Waals surface area (Å²) in [6, 6.07) is 3.71. The number of hydrogen-bond acceptors (Lipinski definition) is 9. The van der Waals surface area contributed by atoms with Crippen LogP contribution in [0.3, 0.4) is 0 Å². The molecule has 3 N–H and O–H groups in total. The van der Waals surface area contributed by atoms with Gasteiger partial charge < -0.3 is 10.5 Å². The lowest BCUT2D eigenvalue weighted by atomic mass is 10.1. The molecule has 11 heteroatoms. The molecule has 2 aliphatic rings. The molecule has 0 bridgehead atoms. The van der Waals surface area contributed by atoms with E-state index in [4.69, 9.17) is 10.5 Å². The second kappa shape index (κ2) is 13.0. The lowest BCUT2D eigenvalue weighted by molar-refractivity contribution is 0.298. The first-order valence-corrected chi connectivity index (χ1v) is 14.2. The summed E-state index contributed by atoms with van der Waals surface area (Å²) in [5.41, 5.74) is 12.5. The van der Waals surface area contributed by atoms with Crippen LogP contribution in [0.2, 0.25) is 0 Å². The highest BCUT2D eigenvalue weighted by molar-refractivity contribution is 7.90. The van der Waals surface area contributed by atoms with Crippen LogP contribution in [0.4, 0.5) is 11.4 Å². The number of thiol groups is 1. The molecule has 40 heavy (non-hydrogen) atoms. The van der Waals surface area contributed by atoms with Gasteiger partial charge in [-0.1, -0.05) is 12.7 Å². The van der Waals surface area contributed by atoms with Gasteiger partial charge in [-0.25, -0.2) is 0 Å². The molecule has 0 aliphatic heterocycles. The normalized spacial score (nSPS) is 17.4. The Hall–Kier alpha value is -3.80. The number of hydrogen-bond donors (Lipinski definition) is 3. The van der Waals surface area contributed by atoms with Gasteiger partial charge in [-0.15, -0.1) is 12.6 Å². The van der Waals surface area contributed by atoms with Gasteiger partial charge in [0.05, 0.1) is 35.6 Å². The van der Waals surface area contributed by atoms with E-state index in [1.54, 1.807) is 14.0 Å². The highest BCUT2D eigenvalue weighted by Gasteiger charge is 2.20. The smallest absolute Gasteiger partial charge is 0.295 e. The zero-order chi connectivity index (χ0) is 29.6. The first kappa shape index (κ1) is 30.7. The molecule has 0 saturated heterocycles. The number of nitrogens with two attached hydrogens (primary N) is 1. The third-order valence-electron chi connectivity index (χ3n) is 6.26. The van der Waals surface area contributed by atoms with Crippen molar-refractivity contribution in [3.63, 3.8) is 0 Å². The number of benzene rings is 1. The number of nitrogens with zero attached hydrogens (tertiary/aromatic N) is 4. The van der Waals surface area contributed by atoms with E-state index in [1.165, 1.54) is 18.2 Å². The van der Waals surface area contributed by atoms with Crippen LogP contribution < -0.4 is 5.73 Å². The van der Waals surface area contributed by atoms with E-state index in [0.717, 1.165) is 22.4 Å². The maximum Gasteiger partial charge on any atom is 0.295 e. The van der Waals surface area contributed by atoms with Gasteiger partial charge in [-0.2, -0.15) is 28.9 Å². The van der Waals surface area contributed by atoms with Gasteiger partial charge in [0.1, 0.15) is 10.7 Å². The van der Waals surface area contributed by atoms with Gasteiger partial charge in [0.25, 0.3) is 10.1 Å². The minimum Gasteiger partial charge on any atom is -0.495 e. The Morgan fingerprint density at radius 1 is 1.05 bits per heavy atom. The second-order valence-corrected chi connectivity index (χ2v) is 11.2.